The first-order valence-electron chi connectivity index (χ1n) is 7.12. The minimum Gasteiger partial charge on any atom is -0.387 e. The molecular weight excluding hydrogens is 238 g/mol. The minimum absolute atomic E-state index is 0.556. The molecule has 1 fully saturated rings. The van der Waals surface area contributed by atoms with Crippen LogP contribution < -0.4 is 0 Å². The Hall–Kier alpha value is -1.34. The number of aryl methyl sites for hydroxylation is 2. The highest BCUT2D eigenvalue weighted by atomic mass is 16.3. The van der Waals surface area contributed by atoms with Crippen molar-refractivity contribution < 1.29 is 5.11 Å². The average molecular weight is 261 g/mol. The molecule has 0 bridgehead atoms. The second kappa shape index (κ2) is 5.34. The first-order chi connectivity index (χ1) is 9.02. The van der Waals surface area contributed by atoms with Gasteiger partial charge in [0.1, 0.15) is 6.10 Å². The highest BCUT2D eigenvalue weighted by Gasteiger charge is 2.43. The molecule has 4 nitrogen and oxygen atoms in total. The van der Waals surface area contributed by atoms with Crippen molar-refractivity contribution in [1.82, 2.24) is 9.78 Å². The van der Waals surface area contributed by atoms with E-state index in [1.807, 2.05) is 20.2 Å². The second-order valence-corrected chi connectivity index (χ2v) is 5.88. The second-order valence-electron chi connectivity index (χ2n) is 5.88. The normalized spacial score (nSPS) is 28.9. The van der Waals surface area contributed by atoms with E-state index in [0.29, 0.717) is 5.92 Å². The third-order valence-electron chi connectivity index (χ3n) is 4.56. The third kappa shape index (κ3) is 2.52. The topological polar surface area (TPSA) is 61.8 Å². The van der Waals surface area contributed by atoms with E-state index in [4.69, 9.17) is 0 Å². The van der Waals surface area contributed by atoms with Crippen LogP contribution in [-0.2, 0) is 7.05 Å². The van der Waals surface area contributed by atoms with Gasteiger partial charge in [0.05, 0.1) is 17.2 Å². The van der Waals surface area contributed by atoms with Crippen LogP contribution >= 0.6 is 0 Å². The molecule has 0 radical (unpaired) electrons. The number of rotatable bonds is 3. The average Bonchev–Trinajstić information content (AvgIpc) is 2.76. The lowest BCUT2D eigenvalue weighted by Gasteiger charge is -2.38. The van der Waals surface area contributed by atoms with Gasteiger partial charge in [0.15, 0.2) is 0 Å². The number of hydrogen-bond donors (Lipinski definition) is 1. The van der Waals surface area contributed by atoms with Gasteiger partial charge in [-0.05, 0) is 25.7 Å². The van der Waals surface area contributed by atoms with Gasteiger partial charge in [-0.1, -0.05) is 26.2 Å². The molecule has 1 N–H and O–H groups in total. The molecule has 1 aliphatic rings. The Morgan fingerprint density at radius 1 is 1.68 bits per heavy atom. The van der Waals surface area contributed by atoms with Crippen molar-refractivity contribution in [2.75, 3.05) is 0 Å². The van der Waals surface area contributed by atoms with E-state index in [-0.39, 0.29) is 0 Å². The molecule has 4 heteroatoms. The number of aliphatic hydroxyl groups excluding tert-OH is 1. The molecule has 0 spiro atoms. The van der Waals surface area contributed by atoms with Gasteiger partial charge in [-0.3, -0.25) is 4.68 Å². The molecule has 3 atom stereocenters. The van der Waals surface area contributed by atoms with Gasteiger partial charge >= 0.3 is 0 Å². The van der Waals surface area contributed by atoms with Gasteiger partial charge in [-0.2, -0.15) is 10.4 Å². The van der Waals surface area contributed by atoms with E-state index in [0.717, 1.165) is 36.9 Å². The molecule has 0 aromatic carbocycles. The Morgan fingerprint density at radius 3 is 2.95 bits per heavy atom. The lowest BCUT2D eigenvalue weighted by molar-refractivity contribution is 0.0181. The highest BCUT2D eigenvalue weighted by Crippen LogP contribution is 2.48. The maximum atomic E-state index is 10.7. The summed E-state index contributed by atoms with van der Waals surface area (Å²) < 4.78 is 1.71. The van der Waals surface area contributed by atoms with Crippen LogP contribution in [0.4, 0.5) is 0 Å². The summed E-state index contributed by atoms with van der Waals surface area (Å²) in [5.41, 5.74) is 0.997. The van der Waals surface area contributed by atoms with Gasteiger partial charge in [-0.15, -0.1) is 0 Å². The van der Waals surface area contributed by atoms with Crippen molar-refractivity contribution in [3.05, 3.63) is 17.5 Å². The molecule has 1 aromatic rings. The van der Waals surface area contributed by atoms with E-state index in [9.17, 15) is 10.4 Å². The van der Waals surface area contributed by atoms with E-state index in [1.54, 1.807) is 4.68 Å². The van der Waals surface area contributed by atoms with Crippen LogP contribution in [0.1, 0.15) is 56.4 Å². The van der Waals surface area contributed by atoms with Crippen LogP contribution in [0, 0.1) is 29.6 Å². The zero-order valence-electron chi connectivity index (χ0n) is 12.1. The fourth-order valence-electron chi connectivity index (χ4n) is 3.37. The Balaban J connectivity index is 2.31. The summed E-state index contributed by atoms with van der Waals surface area (Å²) in [7, 11) is 1.85. The van der Waals surface area contributed by atoms with Gasteiger partial charge < -0.3 is 5.11 Å². The molecular formula is C15H23N3O. The standard InChI is InChI=1S/C15H23N3O/c1-4-12-6-5-7-15(8-12,10-16)14(19)13-9-18(3)17-11(13)2/h9,12,14,19H,4-8H2,1-3H3. The lowest BCUT2D eigenvalue weighted by atomic mass is 9.65. The van der Waals surface area contributed by atoms with Crippen molar-refractivity contribution in [3.63, 3.8) is 0 Å². The van der Waals surface area contributed by atoms with Crippen molar-refractivity contribution in [2.45, 2.75) is 52.1 Å². The fourth-order valence-corrected chi connectivity index (χ4v) is 3.37. The Bertz CT molecular complexity index is 488. The molecule has 1 aromatic heterocycles. The minimum atomic E-state index is -0.722. The molecule has 1 saturated carbocycles. The number of nitrogens with zero attached hydrogens (tertiary/aromatic N) is 3. The fraction of sp³-hybridized carbons (Fsp3) is 0.733. The van der Waals surface area contributed by atoms with E-state index < -0.39 is 11.5 Å². The van der Waals surface area contributed by atoms with Crippen LogP contribution in [-0.4, -0.2) is 14.9 Å². The van der Waals surface area contributed by atoms with Gasteiger partial charge in [0.25, 0.3) is 0 Å². The van der Waals surface area contributed by atoms with E-state index >= 15 is 0 Å². The third-order valence-corrected chi connectivity index (χ3v) is 4.56. The number of nitriles is 1. The smallest absolute Gasteiger partial charge is 0.101 e. The van der Waals surface area contributed by atoms with Crippen molar-refractivity contribution in [1.29, 1.82) is 5.26 Å². The van der Waals surface area contributed by atoms with Gasteiger partial charge in [0, 0.05) is 18.8 Å². The van der Waals surface area contributed by atoms with E-state index in [1.165, 1.54) is 6.42 Å². The van der Waals surface area contributed by atoms with Crippen LogP contribution in [0.25, 0.3) is 0 Å². The molecule has 1 heterocycles. The van der Waals surface area contributed by atoms with Crippen molar-refractivity contribution in [3.8, 4) is 6.07 Å². The summed E-state index contributed by atoms with van der Waals surface area (Å²) in [5.74, 6) is 0.556. The molecule has 1 aliphatic carbocycles. The molecule has 0 amide bonds. The summed E-state index contributed by atoms with van der Waals surface area (Å²) in [5, 5.41) is 24.7. The Morgan fingerprint density at radius 2 is 2.42 bits per heavy atom. The Kier molecular flexibility index (Phi) is 3.96. The maximum Gasteiger partial charge on any atom is 0.101 e. The zero-order chi connectivity index (χ0) is 14.0. The summed E-state index contributed by atoms with van der Waals surface area (Å²) in [6, 6.07) is 2.43. The molecule has 3 unspecified atom stereocenters. The maximum absolute atomic E-state index is 10.7. The first-order valence-corrected chi connectivity index (χ1v) is 7.12. The van der Waals surface area contributed by atoms with Crippen molar-refractivity contribution >= 4 is 0 Å². The van der Waals surface area contributed by atoms with Crippen molar-refractivity contribution in [2.24, 2.45) is 18.4 Å². The number of aromatic nitrogens is 2. The largest absolute Gasteiger partial charge is 0.387 e. The quantitative estimate of drug-likeness (QED) is 0.910. The summed E-state index contributed by atoms with van der Waals surface area (Å²) in [6.45, 7) is 4.06. The molecule has 19 heavy (non-hydrogen) atoms. The van der Waals surface area contributed by atoms with Crippen LogP contribution in [0.3, 0.4) is 0 Å². The van der Waals surface area contributed by atoms with E-state index in [2.05, 4.69) is 18.1 Å². The molecule has 0 aliphatic heterocycles. The zero-order valence-corrected chi connectivity index (χ0v) is 12.1. The van der Waals surface area contributed by atoms with Gasteiger partial charge in [0.2, 0.25) is 0 Å². The predicted molar refractivity (Wildman–Crippen MR) is 73.2 cm³/mol. The van der Waals surface area contributed by atoms with Crippen LogP contribution in [0.5, 0.6) is 0 Å². The highest BCUT2D eigenvalue weighted by molar-refractivity contribution is 5.24. The molecule has 0 saturated heterocycles. The predicted octanol–water partition coefficient (Wildman–Crippen LogP) is 2.87. The molecule has 104 valence electrons. The Labute approximate surface area is 115 Å². The first kappa shape index (κ1) is 14.1. The number of aliphatic hydroxyl groups is 1. The lowest BCUT2D eigenvalue weighted by Crippen LogP contribution is -2.33. The SMILES string of the molecule is CCC1CCCC(C#N)(C(O)c2cn(C)nc2C)C1. The summed E-state index contributed by atoms with van der Waals surface area (Å²) in [6.07, 6.45) is 6.00. The molecule has 2 rings (SSSR count). The summed E-state index contributed by atoms with van der Waals surface area (Å²) >= 11 is 0. The van der Waals surface area contributed by atoms with Crippen LogP contribution in [0.2, 0.25) is 0 Å². The summed E-state index contributed by atoms with van der Waals surface area (Å²) in [4.78, 5) is 0. The number of hydrogen-bond acceptors (Lipinski definition) is 3. The van der Waals surface area contributed by atoms with Crippen LogP contribution in [0.15, 0.2) is 6.20 Å². The van der Waals surface area contributed by atoms with Gasteiger partial charge in [-0.25, -0.2) is 0 Å². The monoisotopic (exact) mass is 261 g/mol.